The van der Waals surface area contributed by atoms with E-state index >= 15 is 0 Å². The summed E-state index contributed by atoms with van der Waals surface area (Å²) in [7, 11) is 0. The van der Waals surface area contributed by atoms with Gasteiger partial charge >= 0.3 is 0 Å². The van der Waals surface area contributed by atoms with Crippen LogP contribution in [-0.2, 0) is 0 Å². The largest absolute Gasteiger partial charge is 0.349 e. The molecule has 1 saturated heterocycles. The molecule has 1 heterocycles. The Balaban J connectivity index is 1.55. The monoisotopic (exact) mass is 390 g/mol. The van der Waals surface area contributed by atoms with E-state index in [2.05, 4.69) is 5.32 Å². The minimum Gasteiger partial charge on any atom is -0.349 e. The summed E-state index contributed by atoms with van der Waals surface area (Å²) in [5.41, 5.74) is 2.31. The summed E-state index contributed by atoms with van der Waals surface area (Å²) in [5.74, 6) is -0.133. The molecular weight excluding hydrogens is 371 g/mol. The molecule has 1 aliphatic rings. The Bertz CT molecular complexity index is 813. The molecule has 2 aromatic rings. The topological polar surface area (TPSA) is 49.4 Å². The number of halogens is 2. The lowest BCUT2D eigenvalue weighted by atomic mass is 10.0. The summed E-state index contributed by atoms with van der Waals surface area (Å²) >= 11 is 11.9. The Morgan fingerprint density at radius 2 is 1.58 bits per heavy atom. The van der Waals surface area contributed by atoms with Gasteiger partial charge in [-0.1, -0.05) is 40.9 Å². The Hall–Kier alpha value is -2.04. The lowest BCUT2D eigenvalue weighted by molar-refractivity contribution is 0.0698. The van der Waals surface area contributed by atoms with Gasteiger partial charge in [0, 0.05) is 30.3 Å². The summed E-state index contributed by atoms with van der Waals surface area (Å²) < 4.78 is 0. The maximum absolute atomic E-state index is 12.6. The van der Waals surface area contributed by atoms with E-state index in [1.54, 1.807) is 23.1 Å². The molecule has 1 aliphatic heterocycles. The van der Waals surface area contributed by atoms with E-state index in [1.807, 2.05) is 31.2 Å². The van der Waals surface area contributed by atoms with Crippen LogP contribution in [0.15, 0.2) is 42.5 Å². The number of benzene rings is 2. The van der Waals surface area contributed by atoms with Crippen LogP contribution in [0, 0.1) is 6.92 Å². The van der Waals surface area contributed by atoms with E-state index in [0.717, 1.165) is 18.4 Å². The highest BCUT2D eigenvalue weighted by Gasteiger charge is 2.25. The predicted octanol–water partition coefficient (Wildman–Crippen LogP) is 4.34. The van der Waals surface area contributed by atoms with E-state index in [4.69, 9.17) is 23.2 Å². The standard InChI is InChI=1S/C20H20Cl2N2O2/c1-13-2-4-14(5-3-13)19(25)23-16-8-10-24(11-9-16)20(26)15-6-7-17(21)18(22)12-15/h2-7,12,16H,8-11H2,1H3,(H,23,25). The number of nitrogens with one attached hydrogen (secondary N) is 1. The van der Waals surface area contributed by atoms with E-state index in [-0.39, 0.29) is 17.9 Å². The molecule has 136 valence electrons. The van der Waals surface area contributed by atoms with Crippen LogP contribution in [0.3, 0.4) is 0 Å². The van der Waals surface area contributed by atoms with Crippen LogP contribution < -0.4 is 5.32 Å². The van der Waals surface area contributed by atoms with Gasteiger partial charge in [0.1, 0.15) is 0 Å². The van der Waals surface area contributed by atoms with Crippen molar-refractivity contribution >= 4 is 35.0 Å². The van der Waals surface area contributed by atoms with Gasteiger partial charge in [-0.25, -0.2) is 0 Å². The Morgan fingerprint density at radius 3 is 2.19 bits per heavy atom. The van der Waals surface area contributed by atoms with Crippen LogP contribution in [0.1, 0.15) is 39.1 Å². The molecule has 0 unspecified atom stereocenters. The second-order valence-corrected chi connectivity index (χ2v) is 7.35. The second kappa shape index (κ2) is 8.11. The summed E-state index contributed by atoms with van der Waals surface area (Å²) in [6, 6.07) is 12.5. The van der Waals surface area contributed by atoms with Crippen LogP contribution in [0.25, 0.3) is 0 Å². The first-order valence-corrected chi connectivity index (χ1v) is 9.31. The van der Waals surface area contributed by atoms with Gasteiger partial charge in [-0.15, -0.1) is 0 Å². The molecule has 4 nitrogen and oxygen atoms in total. The highest BCUT2D eigenvalue weighted by molar-refractivity contribution is 6.42. The van der Waals surface area contributed by atoms with Crippen molar-refractivity contribution in [2.45, 2.75) is 25.8 Å². The Kier molecular flexibility index (Phi) is 5.84. The van der Waals surface area contributed by atoms with Crippen molar-refractivity contribution in [2.24, 2.45) is 0 Å². The summed E-state index contributed by atoms with van der Waals surface area (Å²) in [4.78, 5) is 26.7. The average Bonchev–Trinajstić information content (AvgIpc) is 2.64. The van der Waals surface area contributed by atoms with Gasteiger partial charge in [0.15, 0.2) is 0 Å². The Labute approximate surface area is 163 Å². The van der Waals surface area contributed by atoms with Crippen LogP contribution >= 0.6 is 23.2 Å². The second-order valence-electron chi connectivity index (χ2n) is 6.53. The zero-order valence-electron chi connectivity index (χ0n) is 14.5. The fourth-order valence-corrected chi connectivity index (χ4v) is 3.31. The normalized spacial score (nSPS) is 15.0. The van der Waals surface area contributed by atoms with Gasteiger partial charge in [0.25, 0.3) is 11.8 Å². The molecule has 0 radical (unpaired) electrons. The van der Waals surface area contributed by atoms with Crippen LogP contribution in [0.4, 0.5) is 0 Å². The highest BCUT2D eigenvalue weighted by atomic mass is 35.5. The maximum Gasteiger partial charge on any atom is 0.253 e. The predicted molar refractivity (Wildman–Crippen MR) is 104 cm³/mol. The van der Waals surface area contributed by atoms with Crippen molar-refractivity contribution in [2.75, 3.05) is 13.1 Å². The number of amides is 2. The van der Waals surface area contributed by atoms with Gasteiger partial charge in [0.2, 0.25) is 0 Å². The molecule has 0 aromatic heterocycles. The lowest BCUT2D eigenvalue weighted by Gasteiger charge is -2.32. The van der Waals surface area contributed by atoms with Crippen LogP contribution in [0.2, 0.25) is 10.0 Å². The summed E-state index contributed by atoms with van der Waals surface area (Å²) in [6.07, 6.45) is 1.45. The number of rotatable bonds is 3. The van der Waals surface area contributed by atoms with Crippen molar-refractivity contribution in [3.63, 3.8) is 0 Å². The van der Waals surface area contributed by atoms with Gasteiger partial charge in [0.05, 0.1) is 10.0 Å². The molecule has 0 bridgehead atoms. The fourth-order valence-electron chi connectivity index (χ4n) is 3.01. The molecule has 0 atom stereocenters. The van der Waals surface area contributed by atoms with Gasteiger partial charge in [-0.05, 0) is 50.1 Å². The third-order valence-electron chi connectivity index (χ3n) is 4.60. The van der Waals surface area contributed by atoms with Crippen molar-refractivity contribution < 1.29 is 9.59 Å². The summed E-state index contributed by atoms with van der Waals surface area (Å²) in [6.45, 7) is 3.18. The maximum atomic E-state index is 12.6. The van der Waals surface area contributed by atoms with Crippen LogP contribution in [0.5, 0.6) is 0 Å². The molecule has 0 aliphatic carbocycles. The van der Waals surface area contributed by atoms with Crippen molar-refractivity contribution in [3.05, 3.63) is 69.2 Å². The average molecular weight is 391 g/mol. The minimum atomic E-state index is -0.0701. The molecule has 2 amide bonds. The molecule has 3 rings (SSSR count). The van der Waals surface area contributed by atoms with Gasteiger partial charge in [-0.3, -0.25) is 9.59 Å². The van der Waals surface area contributed by atoms with Crippen LogP contribution in [-0.4, -0.2) is 35.8 Å². The smallest absolute Gasteiger partial charge is 0.253 e. The third kappa shape index (κ3) is 4.37. The van der Waals surface area contributed by atoms with Crippen molar-refractivity contribution in [1.29, 1.82) is 0 Å². The number of likely N-dealkylation sites (tertiary alicyclic amines) is 1. The molecule has 0 spiro atoms. The molecule has 2 aromatic carbocycles. The molecule has 1 fully saturated rings. The first-order valence-electron chi connectivity index (χ1n) is 8.56. The Morgan fingerprint density at radius 1 is 0.962 bits per heavy atom. The first kappa shape index (κ1) is 18.7. The molecule has 26 heavy (non-hydrogen) atoms. The van der Waals surface area contributed by atoms with E-state index in [1.165, 1.54) is 0 Å². The SMILES string of the molecule is Cc1ccc(C(=O)NC2CCN(C(=O)c3ccc(Cl)c(Cl)c3)CC2)cc1. The number of hydrogen-bond acceptors (Lipinski definition) is 2. The minimum absolute atomic E-state index is 0.0631. The molecule has 1 N–H and O–H groups in total. The number of carbonyl (C=O) groups excluding carboxylic acids is 2. The number of nitrogens with zero attached hydrogens (tertiary/aromatic N) is 1. The van der Waals surface area contributed by atoms with Gasteiger partial charge < -0.3 is 10.2 Å². The molecule has 6 heteroatoms. The highest BCUT2D eigenvalue weighted by Crippen LogP contribution is 2.24. The number of piperidine rings is 1. The summed E-state index contributed by atoms with van der Waals surface area (Å²) in [5, 5.41) is 3.86. The first-order chi connectivity index (χ1) is 12.4. The molecule has 0 saturated carbocycles. The number of carbonyl (C=O) groups is 2. The van der Waals surface area contributed by atoms with Crippen molar-refractivity contribution in [1.82, 2.24) is 10.2 Å². The van der Waals surface area contributed by atoms with E-state index < -0.39 is 0 Å². The number of hydrogen-bond donors (Lipinski definition) is 1. The third-order valence-corrected chi connectivity index (χ3v) is 5.34. The number of aryl methyl sites for hydroxylation is 1. The van der Waals surface area contributed by atoms with Crippen molar-refractivity contribution in [3.8, 4) is 0 Å². The lowest BCUT2D eigenvalue weighted by Crippen LogP contribution is -2.46. The fraction of sp³-hybridized carbons (Fsp3) is 0.300. The van der Waals surface area contributed by atoms with E-state index in [9.17, 15) is 9.59 Å². The molecular formula is C20H20Cl2N2O2. The zero-order chi connectivity index (χ0) is 18.7. The zero-order valence-corrected chi connectivity index (χ0v) is 16.0. The quantitative estimate of drug-likeness (QED) is 0.847. The van der Waals surface area contributed by atoms with E-state index in [0.29, 0.717) is 34.3 Å². The van der Waals surface area contributed by atoms with Gasteiger partial charge in [-0.2, -0.15) is 0 Å².